The van der Waals surface area contributed by atoms with E-state index in [9.17, 15) is 18.3 Å². The Hall–Kier alpha value is -4.29. The third kappa shape index (κ3) is 5.66. The Balaban J connectivity index is 1.76. The molecule has 0 spiro atoms. The van der Waals surface area contributed by atoms with Gasteiger partial charge in [-0.3, -0.25) is 9.69 Å². The summed E-state index contributed by atoms with van der Waals surface area (Å²) < 4.78 is 49.6. The zero-order valence-corrected chi connectivity index (χ0v) is 23.9. The molecule has 1 atom stereocenters. The zero-order chi connectivity index (χ0) is 29.4. The molecule has 2 heterocycles. The van der Waals surface area contributed by atoms with E-state index in [0.717, 1.165) is 0 Å². The second-order valence-corrected chi connectivity index (χ2v) is 12.9. The van der Waals surface area contributed by atoms with E-state index >= 15 is 4.39 Å². The first kappa shape index (κ1) is 28.2. The Morgan fingerprint density at radius 1 is 1.15 bits per heavy atom. The molecule has 1 unspecified atom stereocenters. The summed E-state index contributed by atoms with van der Waals surface area (Å²) in [4.78, 5) is 15.4. The van der Waals surface area contributed by atoms with Crippen LogP contribution in [0.5, 0.6) is 11.5 Å². The number of nitrogens with one attached hydrogen (secondary N) is 1. The van der Waals surface area contributed by atoms with Crippen molar-refractivity contribution in [2.45, 2.75) is 39.7 Å². The monoisotopic (exact) mass is 574 g/mol. The van der Waals surface area contributed by atoms with Crippen LogP contribution in [0.4, 0.5) is 15.8 Å². The number of carbonyl (C=O) groups excluding carboxylic acids is 1. The van der Waals surface area contributed by atoms with E-state index in [1.807, 2.05) is 19.9 Å². The fourth-order valence-electron chi connectivity index (χ4n) is 5.53. The summed E-state index contributed by atoms with van der Waals surface area (Å²) in [5, 5.41) is 14.0. The topological polar surface area (TPSA) is 95.9 Å². The van der Waals surface area contributed by atoms with E-state index in [0.29, 0.717) is 17.7 Å². The number of phenolic OH excluding ortho intramolecular Hbond substituents is 1. The van der Waals surface area contributed by atoms with Crippen molar-refractivity contribution in [3.63, 3.8) is 0 Å². The molecular formula is C32H31FN2O5S. The van der Waals surface area contributed by atoms with Crippen molar-refractivity contribution in [1.29, 1.82) is 0 Å². The number of para-hydroxylation sites is 1. The van der Waals surface area contributed by atoms with E-state index in [-0.39, 0.29) is 52.1 Å². The molecule has 0 fully saturated rings. The molecule has 3 aromatic rings. The van der Waals surface area contributed by atoms with Gasteiger partial charge in [0.05, 0.1) is 22.8 Å². The lowest BCUT2D eigenvalue weighted by Gasteiger charge is -2.37. The number of allylic oxidation sites excluding steroid dienone is 1. The van der Waals surface area contributed by atoms with Gasteiger partial charge in [0.1, 0.15) is 35.7 Å². The number of ether oxygens (including phenoxy) is 1. The second-order valence-electron chi connectivity index (χ2n) is 11.0. The molecule has 7 nitrogen and oxygen atoms in total. The fourth-order valence-corrected chi connectivity index (χ4v) is 7.88. The van der Waals surface area contributed by atoms with E-state index < -0.39 is 33.0 Å². The molecule has 5 rings (SSSR count). The smallest absolute Gasteiger partial charge is 0.232 e. The highest BCUT2D eigenvalue weighted by Crippen LogP contribution is 2.51. The van der Waals surface area contributed by atoms with Crippen LogP contribution in [0.3, 0.4) is 0 Å². The molecule has 2 aliphatic heterocycles. The number of sulfone groups is 1. The maximum atomic E-state index is 16.0. The standard InChI is InChI=1S/C32H31FN2O5S/c1-4-5-16-40-22-14-15-23(24(33)18-22)30-31-25(19-32(2,3)20-41(31,38)39)34-29-26(12-9-13-27(29)36)35(30)28(37)17-21-10-7-6-8-11-21/h6-15,18,30,34,36H,16-17,19-20H2,1-3H3. The summed E-state index contributed by atoms with van der Waals surface area (Å²) in [5.74, 6) is 4.16. The first-order chi connectivity index (χ1) is 19.5. The van der Waals surface area contributed by atoms with E-state index in [1.54, 1.807) is 43.3 Å². The van der Waals surface area contributed by atoms with E-state index in [1.165, 1.54) is 29.2 Å². The van der Waals surface area contributed by atoms with Crippen molar-refractivity contribution in [3.8, 4) is 23.3 Å². The number of carbonyl (C=O) groups is 1. The van der Waals surface area contributed by atoms with Gasteiger partial charge in [-0.25, -0.2) is 12.8 Å². The van der Waals surface area contributed by atoms with Crippen molar-refractivity contribution in [3.05, 3.63) is 94.3 Å². The Labute approximate surface area is 239 Å². The number of anilines is 2. The fraction of sp³-hybridized carbons (Fsp3) is 0.281. The van der Waals surface area contributed by atoms with Crippen molar-refractivity contribution >= 4 is 27.1 Å². The molecule has 0 saturated carbocycles. The van der Waals surface area contributed by atoms with Crippen LogP contribution in [-0.4, -0.2) is 31.8 Å². The first-order valence-electron chi connectivity index (χ1n) is 13.2. The van der Waals surface area contributed by atoms with Crippen LogP contribution >= 0.6 is 0 Å². The van der Waals surface area contributed by atoms with Crippen LogP contribution in [0.25, 0.3) is 0 Å². The van der Waals surface area contributed by atoms with Crippen molar-refractivity contribution in [2.75, 3.05) is 22.6 Å². The lowest BCUT2D eigenvalue weighted by molar-refractivity contribution is -0.118. The molecule has 0 bridgehead atoms. The summed E-state index contributed by atoms with van der Waals surface area (Å²) in [7, 11) is -4.00. The van der Waals surface area contributed by atoms with Gasteiger partial charge in [-0.05, 0) is 48.6 Å². The molecule has 0 aromatic heterocycles. The molecule has 0 aliphatic carbocycles. The number of amides is 1. The quantitative estimate of drug-likeness (QED) is 0.298. The van der Waals surface area contributed by atoms with Gasteiger partial charge >= 0.3 is 0 Å². The van der Waals surface area contributed by atoms with Gasteiger partial charge in [-0.15, -0.1) is 5.92 Å². The number of benzene rings is 3. The van der Waals surface area contributed by atoms with Gasteiger partial charge in [0.15, 0.2) is 9.84 Å². The molecule has 9 heteroatoms. The molecule has 2 N–H and O–H groups in total. The van der Waals surface area contributed by atoms with Crippen molar-refractivity contribution in [1.82, 2.24) is 0 Å². The number of rotatable bonds is 5. The highest BCUT2D eigenvalue weighted by molar-refractivity contribution is 7.95. The number of nitrogens with zero attached hydrogens (tertiary/aromatic N) is 1. The lowest BCUT2D eigenvalue weighted by atomic mass is 9.88. The highest BCUT2D eigenvalue weighted by atomic mass is 32.2. The third-order valence-electron chi connectivity index (χ3n) is 7.15. The van der Waals surface area contributed by atoms with Gasteiger partial charge in [-0.2, -0.15) is 0 Å². The number of fused-ring (bicyclic) bond motifs is 1. The minimum Gasteiger partial charge on any atom is -0.506 e. The Morgan fingerprint density at radius 2 is 1.90 bits per heavy atom. The summed E-state index contributed by atoms with van der Waals surface area (Å²) in [6.07, 6.45) is 0.240. The predicted molar refractivity (Wildman–Crippen MR) is 157 cm³/mol. The van der Waals surface area contributed by atoms with Crippen LogP contribution < -0.4 is 15.0 Å². The second kappa shape index (κ2) is 10.9. The largest absolute Gasteiger partial charge is 0.506 e. The molecule has 41 heavy (non-hydrogen) atoms. The average Bonchev–Trinajstić information content (AvgIpc) is 3.04. The Bertz CT molecular complexity index is 1700. The Morgan fingerprint density at radius 3 is 2.61 bits per heavy atom. The van der Waals surface area contributed by atoms with E-state index in [4.69, 9.17) is 4.74 Å². The van der Waals surface area contributed by atoms with Gasteiger partial charge in [0.2, 0.25) is 5.91 Å². The van der Waals surface area contributed by atoms with E-state index in [2.05, 4.69) is 17.2 Å². The van der Waals surface area contributed by atoms with Gasteiger partial charge in [0.25, 0.3) is 0 Å². The van der Waals surface area contributed by atoms with Crippen molar-refractivity contribution < 1.29 is 27.4 Å². The van der Waals surface area contributed by atoms with Gasteiger partial charge < -0.3 is 15.2 Å². The highest BCUT2D eigenvalue weighted by Gasteiger charge is 2.47. The number of hydrogen-bond donors (Lipinski definition) is 2. The molecule has 1 amide bonds. The minimum absolute atomic E-state index is 0.00545. The summed E-state index contributed by atoms with van der Waals surface area (Å²) in [6, 6.07) is 16.5. The average molecular weight is 575 g/mol. The summed E-state index contributed by atoms with van der Waals surface area (Å²) >= 11 is 0. The lowest BCUT2D eigenvalue weighted by Crippen LogP contribution is -2.42. The Kier molecular flexibility index (Phi) is 7.54. The van der Waals surface area contributed by atoms with Gasteiger partial charge in [-0.1, -0.05) is 56.2 Å². The van der Waals surface area contributed by atoms with Crippen LogP contribution in [0, 0.1) is 23.1 Å². The van der Waals surface area contributed by atoms with Crippen LogP contribution in [0.2, 0.25) is 0 Å². The molecule has 3 aromatic carbocycles. The summed E-state index contributed by atoms with van der Waals surface area (Å²) in [5.41, 5.74) is 0.820. The molecule has 0 saturated heterocycles. The van der Waals surface area contributed by atoms with Crippen LogP contribution in [0.15, 0.2) is 77.3 Å². The molecular weight excluding hydrogens is 543 g/mol. The van der Waals surface area contributed by atoms with Gasteiger partial charge in [0, 0.05) is 17.3 Å². The zero-order valence-electron chi connectivity index (χ0n) is 23.1. The van der Waals surface area contributed by atoms with Crippen molar-refractivity contribution in [2.24, 2.45) is 5.41 Å². The number of phenols is 1. The normalized spacial score (nSPS) is 18.6. The molecule has 0 radical (unpaired) electrons. The molecule has 2 aliphatic rings. The third-order valence-corrected chi connectivity index (χ3v) is 9.45. The van der Waals surface area contributed by atoms with Crippen LogP contribution in [-0.2, 0) is 21.1 Å². The number of aromatic hydroxyl groups is 1. The first-order valence-corrected chi connectivity index (χ1v) is 14.9. The SMILES string of the molecule is CC#CCOc1ccc(C2C3=C(CC(C)(C)CS3(=O)=O)Nc3c(O)cccc3N2C(=O)Cc2ccccc2)c(F)c1. The van der Waals surface area contributed by atoms with Crippen LogP contribution in [0.1, 0.15) is 44.4 Å². The maximum Gasteiger partial charge on any atom is 0.232 e. The maximum absolute atomic E-state index is 16.0. The molecule has 212 valence electrons. The predicted octanol–water partition coefficient (Wildman–Crippen LogP) is 5.73. The summed E-state index contributed by atoms with van der Waals surface area (Å²) in [6.45, 7) is 5.41. The number of hydrogen-bond acceptors (Lipinski definition) is 6. The minimum atomic E-state index is -4.00. The number of halogens is 1.